The van der Waals surface area contributed by atoms with Crippen molar-refractivity contribution < 1.29 is 0 Å². The van der Waals surface area contributed by atoms with E-state index in [1.807, 2.05) is 12.1 Å². The van der Waals surface area contributed by atoms with Gasteiger partial charge >= 0.3 is 0 Å². The van der Waals surface area contributed by atoms with Gasteiger partial charge in [0.1, 0.15) is 9.66 Å². The smallest absolute Gasteiger partial charge is 0.161 e. The molecule has 0 unspecified atom stereocenters. The highest BCUT2D eigenvalue weighted by molar-refractivity contribution is 7.26. The van der Waals surface area contributed by atoms with Crippen molar-refractivity contribution in [1.29, 1.82) is 0 Å². The molecule has 7 aromatic carbocycles. The van der Waals surface area contributed by atoms with E-state index in [4.69, 9.17) is 19.9 Å². The van der Waals surface area contributed by atoms with Crippen LogP contribution in [0, 0.1) is 0 Å². The zero-order valence-corrected chi connectivity index (χ0v) is 31.6. The van der Waals surface area contributed by atoms with Gasteiger partial charge in [-0.1, -0.05) is 170 Å². The molecule has 4 heterocycles. The molecule has 11 rings (SSSR count). The molecular weight excluding hydrogens is 721 g/mol. The minimum absolute atomic E-state index is 0.735. The molecule has 0 amide bonds. The standard InChI is InChI=1S/C50H30N4S2/c1-3-11-35(12-4-1)45-43-39-15-7-9-17-41(39)55-49(43)53-47(51-45)37-27-23-33(24-28-37)31-19-21-32(22-20-31)34-25-29-38(30-26-34)48-52-46(36-13-5-2-6-14-36)44-40-16-8-10-18-42(40)56-50(44)54-48/h1-30H. The predicted octanol–water partition coefficient (Wildman–Crippen LogP) is 14.0. The molecule has 6 heteroatoms. The lowest BCUT2D eigenvalue weighted by molar-refractivity contribution is 1.24. The molecule has 0 bridgehead atoms. The van der Waals surface area contributed by atoms with Crippen molar-refractivity contribution in [2.24, 2.45) is 0 Å². The minimum atomic E-state index is 0.735. The summed E-state index contributed by atoms with van der Waals surface area (Å²) in [5, 5.41) is 4.63. The summed E-state index contributed by atoms with van der Waals surface area (Å²) in [5.41, 5.74) is 10.7. The first-order chi connectivity index (χ1) is 27.7. The summed E-state index contributed by atoms with van der Waals surface area (Å²) in [6.07, 6.45) is 0. The van der Waals surface area contributed by atoms with Crippen molar-refractivity contribution in [3.63, 3.8) is 0 Å². The summed E-state index contributed by atoms with van der Waals surface area (Å²) in [6, 6.07) is 63.8. The maximum absolute atomic E-state index is 5.17. The molecule has 0 atom stereocenters. The summed E-state index contributed by atoms with van der Waals surface area (Å²) in [7, 11) is 0. The third-order valence-corrected chi connectivity index (χ3v) is 12.5. The molecule has 0 N–H and O–H groups in total. The first-order valence-corrected chi connectivity index (χ1v) is 20.2. The Morgan fingerprint density at radius 3 is 0.964 bits per heavy atom. The Bertz CT molecular complexity index is 2990. The third kappa shape index (κ3) is 5.66. The van der Waals surface area contributed by atoms with Crippen LogP contribution in [0.4, 0.5) is 0 Å². The summed E-state index contributed by atoms with van der Waals surface area (Å²) in [4.78, 5) is 22.5. The fraction of sp³-hybridized carbons (Fsp3) is 0. The lowest BCUT2D eigenvalue weighted by atomic mass is 9.98. The van der Waals surface area contributed by atoms with Crippen LogP contribution in [0.1, 0.15) is 0 Å². The third-order valence-electron chi connectivity index (χ3n) is 10.4. The predicted molar refractivity (Wildman–Crippen MR) is 236 cm³/mol. The van der Waals surface area contributed by atoms with Gasteiger partial charge in [-0.25, -0.2) is 19.9 Å². The van der Waals surface area contributed by atoms with E-state index in [0.717, 1.165) is 88.0 Å². The molecular formula is C50H30N4S2. The van der Waals surface area contributed by atoms with E-state index in [9.17, 15) is 0 Å². The van der Waals surface area contributed by atoms with E-state index in [2.05, 4.69) is 170 Å². The zero-order valence-electron chi connectivity index (χ0n) is 29.9. The van der Waals surface area contributed by atoms with E-state index < -0.39 is 0 Å². The SMILES string of the molecule is c1ccc(-c2nc(-c3ccc(-c4ccc(-c5ccc(-c6nc(-c7ccccc7)c7c(n6)sc6ccccc67)cc5)cc4)cc3)nc3sc4ccccc4c23)cc1. The number of fused-ring (bicyclic) bond motifs is 6. The molecule has 4 aromatic heterocycles. The highest BCUT2D eigenvalue weighted by Crippen LogP contribution is 2.41. The number of rotatable bonds is 6. The van der Waals surface area contributed by atoms with Gasteiger partial charge in [0.05, 0.1) is 11.4 Å². The fourth-order valence-electron chi connectivity index (χ4n) is 7.59. The minimum Gasteiger partial charge on any atom is -0.227 e. The summed E-state index contributed by atoms with van der Waals surface area (Å²) in [6.45, 7) is 0. The van der Waals surface area contributed by atoms with E-state index >= 15 is 0 Å². The molecule has 262 valence electrons. The quantitative estimate of drug-likeness (QED) is 0.170. The van der Waals surface area contributed by atoms with Gasteiger partial charge in [-0.05, 0) is 34.4 Å². The summed E-state index contributed by atoms with van der Waals surface area (Å²) >= 11 is 3.44. The first-order valence-electron chi connectivity index (χ1n) is 18.5. The molecule has 11 aromatic rings. The molecule has 0 saturated heterocycles. The second-order valence-corrected chi connectivity index (χ2v) is 15.9. The van der Waals surface area contributed by atoms with Gasteiger partial charge in [0.15, 0.2) is 11.6 Å². The number of benzene rings is 7. The summed E-state index contributed by atoms with van der Waals surface area (Å²) in [5.74, 6) is 1.47. The zero-order chi connectivity index (χ0) is 37.0. The average molecular weight is 751 g/mol. The van der Waals surface area contributed by atoms with Crippen molar-refractivity contribution >= 4 is 63.3 Å². The number of nitrogens with zero attached hydrogens (tertiary/aromatic N) is 4. The highest BCUT2D eigenvalue weighted by atomic mass is 32.1. The average Bonchev–Trinajstić information content (AvgIpc) is 3.85. The topological polar surface area (TPSA) is 51.6 Å². The van der Waals surface area contributed by atoms with Gasteiger partial charge in [-0.3, -0.25) is 0 Å². The molecule has 0 fully saturated rings. The number of aromatic nitrogens is 4. The Balaban J connectivity index is 0.881. The van der Waals surface area contributed by atoms with Crippen molar-refractivity contribution in [1.82, 2.24) is 19.9 Å². The second kappa shape index (κ2) is 13.5. The van der Waals surface area contributed by atoms with Gasteiger partial charge in [0.2, 0.25) is 0 Å². The second-order valence-electron chi connectivity index (χ2n) is 13.8. The van der Waals surface area contributed by atoms with Gasteiger partial charge in [-0.2, -0.15) is 0 Å². The Morgan fingerprint density at radius 2 is 0.589 bits per heavy atom. The van der Waals surface area contributed by atoms with E-state index in [0.29, 0.717) is 0 Å². The summed E-state index contributed by atoms with van der Waals surface area (Å²) < 4.78 is 2.44. The van der Waals surface area contributed by atoms with Gasteiger partial charge in [0.25, 0.3) is 0 Å². The van der Waals surface area contributed by atoms with Crippen LogP contribution in [0.3, 0.4) is 0 Å². The first kappa shape index (κ1) is 32.6. The highest BCUT2D eigenvalue weighted by Gasteiger charge is 2.18. The van der Waals surface area contributed by atoms with Crippen molar-refractivity contribution in [2.75, 3.05) is 0 Å². The van der Waals surface area contributed by atoms with Crippen molar-refractivity contribution in [2.45, 2.75) is 0 Å². The van der Waals surface area contributed by atoms with Gasteiger partial charge in [0, 0.05) is 53.2 Å². The molecule has 4 nitrogen and oxygen atoms in total. The largest absolute Gasteiger partial charge is 0.227 e. The Hall–Kier alpha value is -6.86. The van der Waals surface area contributed by atoms with Gasteiger partial charge in [-0.15, -0.1) is 22.7 Å². The van der Waals surface area contributed by atoms with Crippen LogP contribution in [0.2, 0.25) is 0 Å². The van der Waals surface area contributed by atoms with Crippen LogP contribution < -0.4 is 0 Å². The molecule has 0 aliphatic rings. The van der Waals surface area contributed by atoms with E-state index in [1.165, 1.54) is 20.2 Å². The van der Waals surface area contributed by atoms with Crippen LogP contribution in [-0.4, -0.2) is 19.9 Å². The monoisotopic (exact) mass is 750 g/mol. The molecule has 0 radical (unpaired) electrons. The normalized spacial score (nSPS) is 11.6. The molecule has 0 aliphatic heterocycles. The van der Waals surface area contributed by atoms with Gasteiger partial charge < -0.3 is 0 Å². The van der Waals surface area contributed by atoms with Crippen LogP contribution in [0.15, 0.2) is 182 Å². The van der Waals surface area contributed by atoms with Crippen molar-refractivity contribution in [3.8, 4) is 67.5 Å². The lowest BCUT2D eigenvalue weighted by Gasteiger charge is -2.10. The molecule has 56 heavy (non-hydrogen) atoms. The van der Waals surface area contributed by atoms with Crippen LogP contribution >= 0.6 is 22.7 Å². The van der Waals surface area contributed by atoms with E-state index in [1.54, 1.807) is 22.7 Å². The number of hydrogen-bond acceptors (Lipinski definition) is 6. The van der Waals surface area contributed by atoms with Crippen LogP contribution in [-0.2, 0) is 0 Å². The van der Waals surface area contributed by atoms with Crippen LogP contribution in [0.5, 0.6) is 0 Å². The molecule has 0 aliphatic carbocycles. The molecule has 0 saturated carbocycles. The maximum Gasteiger partial charge on any atom is 0.161 e. The Kier molecular flexibility index (Phi) is 7.83. The van der Waals surface area contributed by atoms with Crippen molar-refractivity contribution in [3.05, 3.63) is 182 Å². The lowest BCUT2D eigenvalue weighted by Crippen LogP contribution is -1.93. The Labute approximate surface area is 331 Å². The number of hydrogen-bond donors (Lipinski definition) is 0. The molecule has 0 spiro atoms. The maximum atomic E-state index is 5.17. The fourth-order valence-corrected chi connectivity index (χ4v) is 9.74. The Morgan fingerprint density at radius 1 is 0.268 bits per heavy atom. The van der Waals surface area contributed by atoms with E-state index in [-0.39, 0.29) is 0 Å². The number of thiophene rings is 2. The van der Waals surface area contributed by atoms with Crippen LogP contribution in [0.25, 0.3) is 108 Å².